The number of benzene rings is 1. The number of hydrogen-bond acceptors (Lipinski definition) is 3. The normalized spacial score (nSPS) is 25.8. The highest BCUT2D eigenvalue weighted by Gasteiger charge is 2.42. The largest absolute Gasteiger partial charge is 0.480 e. The van der Waals surface area contributed by atoms with Crippen molar-refractivity contribution in [3.8, 4) is 6.07 Å². The number of nitriles is 1. The second kappa shape index (κ2) is 5.84. The molecule has 2 rings (SSSR count). The van der Waals surface area contributed by atoms with Crippen LogP contribution in [0.1, 0.15) is 38.2 Å². The Morgan fingerprint density at radius 3 is 2.95 bits per heavy atom. The number of anilines is 1. The first-order valence-corrected chi connectivity index (χ1v) is 7.47. The molecule has 0 spiro atoms. The van der Waals surface area contributed by atoms with E-state index in [1.165, 1.54) is 0 Å². The maximum Gasteiger partial charge on any atom is 0.329 e. The van der Waals surface area contributed by atoms with Gasteiger partial charge < -0.3 is 10.4 Å². The van der Waals surface area contributed by atoms with Gasteiger partial charge in [0.15, 0.2) is 0 Å². The molecule has 0 aliphatic heterocycles. The van der Waals surface area contributed by atoms with Gasteiger partial charge in [0, 0.05) is 4.47 Å². The van der Waals surface area contributed by atoms with E-state index >= 15 is 0 Å². The van der Waals surface area contributed by atoms with E-state index in [0.29, 0.717) is 30.0 Å². The SMILES string of the molecule is CC1CCCC(Nc2cc(Br)ccc2C#N)(C(=O)O)C1. The van der Waals surface area contributed by atoms with Crippen LogP contribution in [-0.2, 0) is 4.79 Å². The Balaban J connectivity index is 2.36. The van der Waals surface area contributed by atoms with Crippen LogP contribution in [0.4, 0.5) is 5.69 Å². The van der Waals surface area contributed by atoms with Gasteiger partial charge in [-0.3, -0.25) is 0 Å². The van der Waals surface area contributed by atoms with E-state index in [-0.39, 0.29) is 0 Å². The molecule has 20 heavy (non-hydrogen) atoms. The van der Waals surface area contributed by atoms with Gasteiger partial charge >= 0.3 is 5.97 Å². The van der Waals surface area contributed by atoms with Gasteiger partial charge in [-0.1, -0.05) is 35.7 Å². The summed E-state index contributed by atoms with van der Waals surface area (Å²) in [6.07, 6.45) is 3.11. The number of carbonyl (C=O) groups is 1. The maximum absolute atomic E-state index is 11.8. The van der Waals surface area contributed by atoms with Crippen molar-refractivity contribution < 1.29 is 9.90 Å². The van der Waals surface area contributed by atoms with Crippen LogP contribution >= 0.6 is 15.9 Å². The minimum atomic E-state index is -0.968. The molecule has 0 heterocycles. The molecular weight excluding hydrogens is 320 g/mol. The first-order chi connectivity index (χ1) is 9.47. The Bertz CT molecular complexity index is 567. The van der Waals surface area contributed by atoms with Gasteiger partial charge in [0.05, 0.1) is 11.3 Å². The van der Waals surface area contributed by atoms with E-state index in [9.17, 15) is 9.90 Å². The summed E-state index contributed by atoms with van der Waals surface area (Å²) >= 11 is 3.36. The lowest BCUT2D eigenvalue weighted by Crippen LogP contribution is -2.49. The molecule has 0 saturated heterocycles. The predicted molar refractivity (Wildman–Crippen MR) is 80.5 cm³/mol. The minimum absolute atomic E-state index is 0.366. The molecule has 2 atom stereocenters. The molecule has 2 unspecified atom stereocenters. The van der Waals surface area contributed by atoms with Crippen LogP contribution in [0.3, 0.4) is 0 Å². The Morgan fingerprint density at radius 1 is 1.60 bits per heavy atom. The van der Waals surface area contributed by atoms with Crippen LogP contribution in [-0.4, -0.2) is 16.6 Å². The van der Waals surface area contributed by atoms with Crippen molar-refractivity contribution >= 4 is 27.6 Å². The number of carboxylic acids is 1. The molecule has 106 valence electrons. The van der Waals surface area contributed by atoms with Crippen LogP contribution in [0, 0.1) is 17.2 Å². The molecule has 5 heteroatoms. The van der Waals surface area contributed by atoms with Crippen molar-refractivity contribution in [1.29, 1.82) is 5.26 Å². The molecule has 1 fully saturated rings. The monoisotopic (exact) mass is 336 g/mol. The zero-order valence-corrected chi connectivity index (χ0v) is 12.9. The van der Waals surface area contributed by atoms with Crippen molar-refractivity contribution in [2.24, 2.45) is 5.92 Å². The Morgan fingerprint density at radius 2 is 2.35 bits per heavy atom. The van der Waals surface area contributed by atoms with Gasteiger partial charge in [-0.15, -0.1) is 0 Å². The Labute approximate surface area is 126 Å². The third kappa shape index (κ3) is 2.96. The average Bonchev–Trinajstić information content (AvgIpc) is 2.39. The first kappa shape index (κ1) is 14.9. The van der Waals surface area contributed by atoms with Crippen LogP contribution < -0.4 is 5.32 Å². The lowest BCUT2D eigenvalue weighted by Gasteiger charge is -2.38. The number of carboxylic acid groups (broad SMARTS) is 1. The van der Waals surface area contributed by atoms with E-state index < -0.39 is 11.5 Å². The van der Waals surface area contributed by atoms with Crippen molar-refractivity contribution in [2.45, 2.75) is 38.1 Å². The summed E-state index contributed by atoms with van der Waals surface area (Å²) in [5.74, 6) is -0.474. The van der Waals surface area contributed by atoms with Crippen LogP contribution in [0.15, 0.2) is 22.7 Å². The lowest BCUT2D eigenvalue weighted by molar-refractivity contribution is -0.144. The van der Waals surface area contributed by atoms with Crippen molar-refractivity contribution in [1.82, 2.24) is 0 Å². The zero-order valence-electron chi connectivity index (χ0n) is 11.3. The highest BCUT2D eigenvalue weighted by molar-refractivity contribution is 9.10. The second-order valence-electron chi connectivity index (χ2n) is 5.52. The van der Waals surface area contributed by atoms with E-state index in [1.54, 1.807) is 18.2 Å². The van der Waals surface area contributed by atoms with E-state index in [0.717, 1.165) is 17.3 Å². The van der Waals surface area contributed by atoms with Gasteiger partial charge in [0.2, 0.25) is 0 Å². The highest BCUT2D eigenvalue weighted by atomic mass is 79.9. The number of nitrogens with zero attached hydrogens (tertiary/aromatic N) is 1. The van der Waals surface area contributed by atoms with Crippen molar-refractivity contribution in [2.75, 3.05) is 5.32 Å². The van der Waals surface area contributed by atoms with Gasteiger partial charge in [-0.05, 0) is 37.0 Å². The van der Waals surface area contributed by atoms with Gasteiger partial charge in [-0.2, -0.15) is 5.26 Å². The molecule has 0 bridgehead atoms. The molecule has 1 aliphatic rings. The predicted octanol–water partition coefficient (Wildman–Crippen LogP) is 3.77. The molecule has 1 saturated carbocycles. The fourth-order valence-electron chi connectivity index (χ4n) is 2.89. The lowest BCUT2D eigenvalue weighted by atomic mass is 9.76. The number of rotatable bonds is 3. The number of aliphatic carboxylic acids is 1. The standard InChI is InChI=1S/C15H17BrN2O2/c1-10-3-2-6-15(8-10,14(19)20)18-13-7-12(16)5-4-11(13)9-17/h4-5,7,10,18H,2-3,6,8H2,1H3,(H,19,20). The molecule has 0 radical (unpaired) electrons. The van der Waals surface area contributed by atoms with E-state index in [1.807, 2.05) is 0 Å². The first-order valence-electron chi connectivity index (χ1n) is 6.68. The summed E-state index contributed by atoms with van der Waals surface area (Å²) < 4.78 is 0.823. The molecule has 4 nitrogen and oxygen atoms in total. The number of nitrogens with one attached hydrogen (secondary N) is 1. The van der Waals surface area contributed by atoms with Gasteiger partial charge in [0.1, 0.15) is 11.6 Å². The van der Waals surface area contributed by atoms with Crippen molar-refractivity contribution in [3.63, 3.8) is 0 Å². The number of halogens is 1. The summed E-state index contributed by atoms with van der Waals surface area (Å²) in [6, 6.07) is 7.34. The molecule has 2 N–H and O–H groups in total. The van der Waals surface area contributed by atoms with Gasteiger partial charge in [-0.25, -0.2) is 4.79 Å². The van der Waals surface area contributed by atoms with Crippen LogP contribution in [0.25, 0.3) is 0 Å². The molecule has 1 aromatic carbocycles. The molecular formula is C15H17BrN2O2. The topological polar surface area (TPSA) is 73.1 Å². The minimum Gasteiger partial charge on any atom is -0.480 e. The third-order valence-electron chi connectivity index (χ3n) is 3.88. The Hall–Kier alpha value is -1.54. The molecule has 1 aromatic rings. The fraction of sp³-hybridized carbons (Fsp3) is 0.467. The average molecular weight is 337 g/mol. The third-order valence-corrected chi connectivity index (χ3v) is 4.38. The quantitative estimate of drug-likeness (QED) is 0.881. The van der Waals surface area contributed by atoms with Crippen LogP contribution in [0.2, 0.25) is 0 Å². The summed E-state index contributed by atoms with van der Waals surface area (Å²) in [4.78, 5) is 11.8. The highest BCUT2D eigenvalue weighted by Crippen LogP contribution is 2.36. The zero-order chi connectivity index (χ0) is 14.8. The maximum atomic E-state index is 11.8. The molecule has 0 aromatic heterocycles. The second-order valence-corrected chi connectivity index (χ2v) is 6.43. The summed E-state index contributed by atoms with van der Waals surface area (Å²) in [6.45, 7) is 2.07. The van der Waals surface area contributed by atoms with E-state index in [4.69, 9.17) is 5.26 Å². The van der Waals surface area contributed by atoms with Gasteiger partial charge in [0.25, 0.3) is 0 Å². The number of hydrogen-bond donors (Lipinski definition) is 2. The summed E-state index contributed by atoms with van der Waals surface area (Å²) in [5, 5.41) is 21.9. The van der Waals surface area contributed by atoms with Crippen LogP contribution in [0.5, 0.6) is 0 Å². The van der Waals surface area contributed by atoms with Crippen molar-refractivity contribution in [3.05, 3.63) is 28.2 Å². The van der Waals surface area contributed by atoms with E-state index in [2.05, 4.69) is 34.2 Å². The summed E-state index contributed by atoms with van der Waals surface area (Å²) in [5.41, 5.74) is 0.0785. The summed E-state index contributed by atoms with van der Waals surface area (Å²) in [7, 11) is 0. The smallest absolute Gasteiger partial charge is 0.329 e. The molecule has 0 amide bonds. The molecule has 1 aliphatic carbocycles. The fourth-order valence-corrected chi connectivity index (χ4v) is 3.25. The Kier molecular flexibility index (Phi) is 4.34.